The first-order chi connectivity index (χ1) is 13.9. The third-order valence-electron chi connectivity index (χ3n) is 5.44. The molecule has 0 spiro atoms. The molecule has 2 aliphatic heterocycles. The van der Waals surface area contributed by atoms with Gasteiger partial charge in [-0.2, -0.15) is 5.10 Å². The SMILES string of the molecule is CS(=O)(=O)NC1CCc2ccnn2C1COC1CCN(c2ncc(F)cn2)CC1. The van der Waals surface area contributed by atoms with Crippen molar-refractivity contribution in [1.29, 1.82) is 0 Å². The minimum atomic E-state index is -3.32. The van der Waals surface area contributed by atoms with Crippen molar-refractivity contribution in [2.24, 2.45) is 0 Å². The molecule has 0 amide bonds. The van der Waals surface area contributed by atoms with Crippen molar-refractivity contribution in [2.75, 3.05) is 30.9 Å². The lowest BCUT2D eigenvalue weighted by Crippen LogP contribution is -2.47. The molecule has 2 aliphatic rings. The molecule has 2 atom stereocenters. The second-order valence-electron chi connectivity index (χ2n) is 7.59. The Morgan fingerprint density at radius 2 is 1.97 bits per heavy atom. The summed E-state index contributed by atoms with van der Waals surface area (Å²) in [6.07, 6.45) is 8.41. The van der Waals surface area contributed by atoms with Gasteiger partial charge in [0.25, 0.3) is 0 Å². The van der Waals surface area contributed by atoms with Crippen LogP contribution in [0.15, 0.2) is 24.7 Å². The topological polar surface area (TPSA) is 102 Å². The van der Waals surface area contributed by atoms with E-state index >= 15 is 0 Å². The molecule has 1 saturated heterocycles. The number of rotatable bonds is 6. The standard InChI is InChI=1S/C18H25FN6O3S/c1-29(26,27)23-16-3-2-14-4-7-22-25(14)17(16)12-28-15-5-8-24(9-6-15)18-20-10-13(19)11-21-18/h4,7,10-11,15-17,23H,2-3,5-6,8-9,12H2,1H3. The summed E-state index contributed by atoms with van der Waals surface area (Å²) in [6.45, 7) is 1.83. The van der Waals surface area contributed by atoms with Crippen LogP contribution in [0.5, 0.6) is 0 Å². The fraction of sp³-hybridized carbons (Fsp3) is 0.611. The van der Waals surface area contributed by atoms with E-state index in [0.29, 0.717) is 19.0 Å². The van der Waals surface area contributed by atoms with Gasteiger partial charge >= 0.3 is 0 Å². The highest BCUT2D eigenvalue weighted by Gasteiger charge is 2.33. The minimum absolute atomic E-state index is 0.0616. The molecule has 29 heavy (non-hydrogen) atoms. The van der Waals surface area contributed by atoms with Gasteiger partial charge in [0.2, 0.25) is 16.0 Å². The molecule has 9 nitrogen and oxygen atoms in total. The zero-order valence-electron chi connectivity index (χ0n) is 16.2. The maximum atomic E-state index is 13.0. The number of hydrogen-bond acceptors (Lipinski definition) is 7. The number of nitrogens with one attached hydrogen (secondary N) is 1. The van der Waals surface area contributed by atoms with Gasteiger partial charge in [-0.1, -0.05) is 0 Å². The van der Waals surface area contributed by atoms with Crippen LogP contribution >= 0.6 is 0 Å². The largest absolute Gasteiger partial charge is 0.376 e. The van der Waals surface area contributed by atoms with Gasteiger partial charge in [-0.25, -0.2) is 27.5 Å². The number of fused-ring (bicyclic) bond motifs is 1. The Kier molecular flexibility index (Phi) is 5.79. The molecule has 11 heteroatoms. The van der Waals surface area contributed by atoms with E-state index in [1.54, 1.807) is 6.20 Å². The third kappa shape index (κ3) is 4.90. The highest BCUT2D eigenvalue weighted by Crippen LogP contribution is 2.27. The van der Waals surface area contributed by atoms with Gasteiger partial charge in [-0.15, -0.1) is 0 Å². The number of nitrogens with zero attached hydrogens (tertiary/aromatic N) is 5. The number of halogens is 1. The monoisotopic (exact) mass is 424 g/mol. The maximum Gasteiger partial charge on any atom is 0.225 e. The van der Waals surface area contributed by atoms with E-state index in [-0.39, 0.29) is 18.2 Å². The lowest BCUT2D eigenvalue weighted by atomic mass is 9.98. The Labute approximate surface area is 169 Å². The van der Waals surface area contributed by atoms with Crippen LogP contribution in [-0.2, 0) is 21.2 Å². The molecule has 4 rings (SSSR count). The van der Waals surface area contributed by atoms with Gasteiger partial charge in [0.1, 0.15) is 0 Å². The predicted octanol–water partition coefficient (Wildman–Crippen LogP) is 0.903. The van der Waals surface area contributed by atoms with Crippen molar-refractivity contribution in [3.8, 4) is 0 Å². The zero-order chi connectivity index (χ0) is 20.4. The summed E-state index contributed by atoms with van der Waals surface area (Å²) in [7, 11) is -3.32. The number of aromatic nitrogens is 4. The second kappa shape index (κ2) is 8.33. The molecule has 0 bridgehead atoms. The molecule has 1 N–H and O–H groups in total. The Balaban J connectivity index is 1.36. The molecule has 0 aromatic carbocycles. The molecule has 0 radical (unpaired) electrons. The van der Waals surface area contributed by atoms with Crippen molar-refractivity contribution < 1.29 is 17.5 Å². The molecule has 2 aromatic rings. The van der Waals surface area contributed by atoms with E-state index in [1.807, 2.05) is 15.6 Å². The third-order valence-corrected chi connectivity index (χ3v) is 6.17. The van der Waals surface area contributed by atoms with Crippen molar-refractivity contribution in [3.63, 3.8) is 0 Å². The normalized spacial score (nSPS) is 23.2. The summed E-state index contributed by atoms with van der Waals surface area (Å²) in [6, 6.07) is 1.54. The maximum absolute atomic E-state index is 13.0. The van der Waals surface area contributed by atoms with Crippen LogP contribution in [0, 0.1) is 5.82 Å². The molecular weight excluding hydrogens is 399 g/mol. The summed E-state index contributed by atoms with van der Waals surface area (Å²) < 4.78 is 47.3. The van der Waals surface area contributed by atoms with Gasteiger partial charge in [0.05, 0.1) is 37.4 Å². The van der Waals surface area contributed by atoms with E-state index in [9.17, 15) is 12.8 Å². The van der Waals surface area contributed by atoms with Crippen molar-refractivity contribution in [2.45, 2.75) is 43.9 Å². The number of piperidine rings is 1. The van der Waals surface area contributed by atoms with Gasteiger partial charge in [-0.05, 0) is 31.7 Å². The van der Waals surface area contributed by atoms with E-state index in [1.165, 1.54) is 18.6 Å². The average molecular weight is 425 g/mol. The van der Waals surface area contributed by atoms with Crippen LogP contribution in [0.4, 0.5) is 10.3 Å². The lowest BCUT2D eigenvalue weighted by Gasteiger charge is -2.36. The van der Waals surface area contributed by atoms with Crippen LogP contribution in [0.25, 0.3) is 0 Å². The molecular formula is C18H25FN6O3S. The van der Waals surface area contributed by atoms with Gasteiger partial charge < -0.3 is 9.64 Å². The van der Waals surface area contributed by atoms with Gasteiger partial charge in [0.15, 0.2) is 5.82 Å². The van der Waals surface area contributed by atoms with E-state index in [2.05, 4.69) is 19.8 Å². The van der Waals surface area contributed by atoms with Crippen LogP contribution in [-0.4, -0.2) is 66.3 Å². The fourth-order valence-electron chi connectivity index (χ4n) is 4.03. The Hall–Kier alpha value is -2.11. The van der Waals surface area contributed by atoms with E-state index < -0.39 is 15.8 Å². The molecule has 1 fully saturated rings. The molecule has 0 saturated carbocycles. The Morgan fingerprint density at radius 3 is 2.66 bits per heavy atom. The number of aryl methyl sites for hydroxylation is 1. The van der Waals surface area contributed by atoms with Gasteiger partial charge in [-0.3, -0.25) is 4.68 Å². The summed E-state index contributed by atoms with van der Waals surface area (Å²) >= 11 is 0. The summed E-state index contributed by atoms with van der Waals surface area (Å²) in [5.41, 5.74) is 1.09. The van der Waals surface area contributed by atoms with Crippen molar-refractivity contribution in [3.05, 3.63) is 36.2 Å². The number of ether oxygens (including phenoxy) is 1. The highest BCUT2D eigenvalue weighted by atomic mass is 32.2. The first-order valence-corrected chi connectivity index (χ1v) is 11.6. The van der Waals surface area contributed by atoms with E-state index in [4.69, 9.17) is 4.74 Å². The summed E-state index contributed by atoms with van der Waals surface area (Å²) in [5.74, 6) is 0.0745. The fourth-order valence-corrected chi connectivity index (χ4v) is 4.85. The quantitative estimate of drug-likeness (QED) is 0.735. The molecule has 2 aromatic heterocycles. The Morgan fingerprint density at radius 1 is 1.24 bits per heavy atom. The second-order valence-corrected chi connectivity index (χ2v) is 9.37. The highest BCUT2D eigenvalue weighted by molar-refractivity contribution is 7.88. The minimum Gasteiger partial charge on any atom is -0.376 e. The molecule has 4 heterocycles. The van der Waals surface area contributed by atoms with Crippen molar-refractivity contribution >= 4 is 16.0 Å². The number of sulfonamides is 1. The molecule has 0 aliphatic carbocycles. The Bertz CT molecular complexity index is 927. The van der Waals surface area contributed by atoms with Crippen LogP contribution in [0.1, 0.15) is 31.0 Å². The number of anilines is 1. The van der Waals surface area contributed by atoms with E-state index in [0.717, 1.165) is 38.0 Å². The van der Waals surface area contributed by atoms with Crippen LogP contribution < -0.4 is 9.62 Å². The van der Waals surface area contributed by atoms with Crippen molar-refractivity contribution in [1.82, 2.24) is 24.5 Å². The smallest absolute Gasteiger partial charge is 0.225 e. The molecule has 2 unspecified atom stereocenters. The average Bonchev–Trinajstić information content (AvgIpc) is 3.16. The number of hydrogen-bond donors (Lipinski definition) is 1. The summed E-state index contributed by atoms with van der Waals surface area (Å²) in [5, 5.41) is 4.39. The molecule has 158 valence electrons. The lowest BCUT2D eigenvalue weighted by molar-refractivity contribution is 0.00605. The van der Waals surface area contributed by atoms with Crippen LogP contribution in [0.2, 0.25) is 0 Å². The summed E-state index contributed by atoms with van der Waals surface area (Å²) in [4.78, 5) is 10.1. The van der Waals surface area contributed by atoms with Gasteiger partial charge in [0, 0.05) is 31.0 Å². The van der Waals surface area contributed by atoms with Crippen LogP contribution in [0.3, 0.4) is 0 Å². The zero-order valence-corrected chi connectivity index (χ0v) is 17.1. The first kappa shape index (κ1) is 20.2. The predicted molar refractivity (Wildman–Crippen MR) is 105 cm³/mol. The first-order valence-electron chi connectivity index (χ1n) is 9.73.